The van der Waals surface area contributed by atoms with Crippen LogP contribution in [0.4, 0.5) is 0 Å². The Labute approximate surface area is 343 Å². The first kappa shape index (κ1) is 32.7. The van der Waals surface area contributed by atoms with Crippen molar-refractivity contribution in [1.29, 1.82) is 5.26 Å². The molecule has 0 N–H and O–H groups in total. The number of nitrogens with zero attached hydrogens (tertiary/aromatic N) is 4. The van der Waals surface area contributed by atoms with Gasteiger partial charge in [0.2, 0.25) is 0 Å². The monoisotopic (exact) mass is 764 g/mol. The molecule has 0 aliphatic carbocycles. The summed E-state index contributed by atoms with van der Waals surface area (Å²) < 4.78 is 13.7. The van der Waals surface area contributed by atoms with E-state index >= 15 is 0 Å². The zero-order chi connectivity index (χ0) is 39.5. The lowest BCUT2D eigenvalue weighted by molar-refractivity contribution is 0.671. The van der Waals surface area contributed by atoms with Gasteiger partial charge >= 0.3 is 0 Å². The molecule has 0 radical (unpaired) electrons. The molecule has 0 aliphatic rings. The highest BCUT2D eigenvalue weighted by molar-refractivity contribution is 6.26. The van der Waals surface area contributed by atoms with E-state index in [-0.39, 0.29) is 0 Å². The molecular formula is C55H32N4O. The SMILES string of the molecule is N#Cc1c(-c2ccccc2-n2c3ccccc3c3ccc4c5ccccc5oc4c32)cccc1-n1c2ccccc2c2ccc3c(c4ccccc4n3-c3ccccc3)c21. The van der Waals surface area contributed by atoms with Gasteiger partial charge in [-0.3, -0.25) is 0 Å². The van der Waals surface area contributed by atoms with Crippen molar-refractivity contribution >= 4 is 87.4 Å². The number of rotatable bonds is 4. The highest BCUT2D eigenvalue weighted by Crippen LogP contribution is 2.45. The van der Waals surface area contributed by atoms with Crippen molar-refractivity contribution in [2.75, 3.05) is 0 Å². The summed E-state index contributed by atoms with van der Waals surface area (Å²) in [7, 11) is 0. The molecule has 0 aliphatic heterocycles. The molecule has 278 valence electrons. The molecule has 4 aromatic heterocycles. The molecule has 0 bridgehead atoms. The maximum atomic E-state index is 11.4. The Morgan fingerprint density at radius 3 is 1.68 bits per heavy atom. The first-order chi connectivity index (χ1) is 29.8. The van der Waals surface area contributed by atoms with Gasteiger partial charge in [0.05, 0.1) is 50.0 Å². The van der Waals surface area contributed by atoms with Crippen LogP contribution in [-0.2, 0) is 0 Å². The fourth-order valence-electron chi connectivity index (χ4n) is 10.1. The number of benzene rings is 9. The van der Waals surface area contributed by atoms with Crippen molar-refractivity contribution < 1.29 is 4.42 Å². The summed E-state index contributed by atoms with van der Waals surface area (Å²) in [5.41, 5.74) is 13.5. The van der Waals surface area contributed by atoms with Crippen molar-refractivity contribution in [1.82, 2.24) is 13.7 Å². The standard InChI is InChI=1S/C55H32N4O/c56-33-44-35(36-17-4-9-23-45(36)59-47-25-11-6-19-38(47)41-29-30-42-39-20-8-13-28-51(39)60-55(42)54(41)59)22-14-27-49(44)58-46-24-10-5-18-37(46)40-31-32-50-52(53(40)58)43-21-7-12-26-48(43)57(50)34-15-2-1-3-16-34/h1-32H. The third-order valence-corrected chi connectivity index (χ3v) is 12.5. The highest BCUT2D eigenvalue weighted by Gasteiger charge is 2.25. The summed E-state index contributed by atoms with van der Waals surface area (Å²) in [6, 6.07) is 71.0. The van der Waals surface area contributed by atoms with Gasteiger partial charge in [0.1, 0.15) is 11.7 Å². The first-order valence-corrected chi connectivity index (χ1v) is 20.3. The molecule has 4 heterocycles. The van der Waals surface area contributed by atoms with E-state index in [2.05, 4.69) is 202 Å². The molecular weight excluding hydrogens is 733 g/mol. The summed E-state index contributed by atoms with van der Waals surface area (Å²) in [5, 5.41) is 20.5. The van der Waals surface area contributed by atoms with Crippen LogP contribution in [0.25, 0.3) is 116 Å². The van der Waals surface area contributed by atoms with Crippen molar-refractivity contribution in [3.05, 3.63) is 200 Å². The average molecular weight is 765 g/mol. The van der Waals surface area contributed by atoms with Crippen LogP contribution in [0.1, 0.15) is 5.56 Å². The van der Waals surface area contributed by atoms with Gasteiger partial charge in [0, 0.05) is 59.9 Å². The van der Waals surface area contributed by atoms with E-state index in [0.717, 1.165) is 116 Å². The minimum Gasteiger partial charge on any atom is -0.454 e. The Bertz CT molecular complexity index is 3960. The molecule has 0 atom stereocenters. The van der Waals surface area contributed by atoms with Gasteiger partial charge < -0.3 is 18.1 Å². The van der Waals surface area contributed by atoms with Gasteiger partial charge in [-0.15, -0.1) is 0 Å². The van der Waals surface area contributed by atoms with E-state index in [1.807, 2.05) is 12.1 Å². The summed E-state index contributed by atoms with van der Waals surface area (Å²) in [5.74, 6) is 0. The smallest absolute Gasteiger partial charge is 0.160 e. The van der Waals surface area contributed by atoms with Crippen LogP contribution >= 0.6 is 0 Å². The van der Waals surface area contributed by atoms with Crippen molar-refractivity contribution in [3.63, 3.8) is 0 Å². The Kier molecular flexibility index (Phi) is 6.73. The summed E-state index contributed by atoms with van der Waals surface area (Å²) in [4.78, 5) is 0. The Morgan fingerprint density at radius 2 is 0.917 bits per heavy atom. The molecule has 60 heavy (non-hydrogen) atoms. The average Bonchev–Trinajstić information content (AvgIpc) is 4.05. The van der Waals surface area contributed by atoms with Gasteiger partial charge in [0.15, 0.2) is 5.58 Å². The lowest BCUT2D eigenvalue weighted by atomic mass is 9.96. The van der Waals surface area contributed by atoms with Gasteiger partial charge in [-0.05, 0) is 60.7 Å². The molecule has 13 rings (SSSR count). The van der Waals surface area contributed by atoms with E-state index in [9.17, 15) is 5.26 Å². The van der Waals surface area contributed by atoms with Crippen LogP contribution < -0.4 is 0 Å². The van der Waals surface area contributed by atoms with E-state index < -0.39 is 0 Å². The topological polar surface area (TPSA) is 51.7 Å². The molecule has 9 aromatic carbocycles. The van der Waals surface area contributed by atoms with Crippen molar-refractivity contribution in [2.45, 2.75) is 0 Å². The second-order valence-electron chi connectivity index (χ2n) is 15.5. The van der Waals surface area contributed by atoms with Crippen LogP contribution in [0.2, 0.25) is 0 Å². The van der Waals surface area contributed by atoms with Gasteiger partial charge in [0.25, 0.3) is 0 Å². The molecule has 0 unspecified atom stereocenters. The summed E-state index contributed by atoms with van der Waals surface area (Å²) in [6.07, 6.45) is 0. The summed E-state index contributed by atoms with van der Waals surface area (Å²) in [6.45, 7) is 0. The number of fused-ring (bicyclic) bond motifs is 14. The van der Waals surface area contributed by atoms with Crippen LogP contribution in [0.5, 0.6) is 0 Å². The molecule has 0 spiro atoms. The second-order valence-corrected chi connectivity index (χ2v) is 15.5. The number of hydrogen-bond acceptors (Lipinski definition) is 2. The number of para-hydroxylation sites is 6. The normalized spacial score (nSPS) is 12.0. The number of aromatic nitrogens is 3. The maximum absolute atomic E-state index is 11.4. The van der Waals surface area contributed by atoms with Gasteiger partial charge in [-0.2, -0.15) is 5.26 Å². The Hall–Kier alpha value is -8.33. The quantitative estimate of drug-likeness (QED) is 0.179. The number of hydrogen-bond donors (Lipinski definition) is 0. The van der Waals surface area contributed by atoms with Crippen LogP contribution in [0.3, 0.4) is 0 Å². The van der Waals surface area contributed by atoms with Gasteiger partial charge in [-0.1, -0.05) is 133 Å². The first-order valence-electron chi connectivity index (χ1n) is 20.3. The van der Waals surface area contributed by atoms with Gasteiger partial charge in [-0.25, -0.2) is 0 Å². The van der Waals surface area contributed by atoms with E-state index in [1.165, 1.54) is 0 Å². The fourth-order valence-corrected chi connectivity index (χ4v) is 10.1. The predicted octanol–water partition coefficient (Wildman–Crippen LogP) is 14.4. The van der Waals surface area contributed by atoms with E-state index in [0.29, 0.717) is 5.56 Å². The molecule has 0 fully saturated rings. The zero-order valence-corrected chi connectivity index (χ0v) is 32.2. The Morgan fingerprint density at radius 1 is 0.367 bits per heavy atom. The van der Waals surface area contributed by atoms with Crippen LogP contribution in [0.15, 0.2) is 199 Å². The van der Waals surface area contributed by atoms with E-state index in [1.54, 1.807) is 0 Å². The highest BCUT2D eigenvalue weighted by atomic mass is 16.3. The number of nitriles is 1. The molecule has 13 aromatic rings. The molecule has 5 heteroatoms. The second kappa shape index (κ2) is 12.3. The molecule has 0 saturated carbocycles. The van der Waals surface area contributed by atoms with Crippen LogP contribution in [0, 0.1) is 11.3 Å². The Balaban J connectivity index is 1.13. The minimum atomic E-state index is 0.603. The molecule has 5 nitrogen and oxygen atoms in total. The van der Waals surface area contributed by atoms with Crippen LogP contribution in [-0.4, -0.2) is 13.7 Å². The lowest BCUT2D eigenvalue weighted by Crippen LogP contribution is -2.02. The minimum absolute atomic E-state index is 0.603. The largest absolute Gasteiger partial charge is 0.454 e. The zero-order valence-electron chi connectivity index (χ0n) is 32.2. The molecule has 0 saturated heterocycles. The summed E-state index contributed by atoms with van der Waals surface area (Å²) >= 11 is 0. The predicted molar refractivity (Wildman–Crippen MR) is 247 cm³/mol. The lowest BCUT2D eigenvalue weighted by Gasteiger charge is -2.18. The maximum Gasteiger partial charge on any atom is 0.160 e. The number of furan rings is 1. The van der Waals surface area contributed by atoms with Crippen molar-refractivity contribution in [3.8, 4) is 34.3 Å². The molecule has 0 amide bonds. The third-order valence-electron chi connectivity index (χ3n) is 12.5. The van der Waals surface area contributed by atoms with E-state index in [4.69, 9.17) is 4.42 Å². The van der Waals surface area contributed by atoms with Crippen molar-refractivity contribution in [2.24, 2.45) is 0 Å². The fraction of sp³-hybridized carbons (Fsp3) is 0. The third kappa shape index (κ3) is 4.34.